The average Bonchev–Trinajstić information content (AvgIpc) is 3.44. The predicted octanol–water partition coefficient (Wildman–Crippen LogP) is 6.15. The third-order valence-corrected chi connectivity index (χ3v) is 6.62. The molecule has 1 unspecified atom stereocenters. The molecular weight excluding hydrogens is 482 g/mol. The number of amides is 1. The smallest absolute Gasteiger partial charge is 0.294 e. The highest BCUT2D eigenvalue weighted by Gasteiger charge is 2.45. The number of rotatable bonds is 6. The average molecular weight is 504 g/mol. The van der Waals surface area contributed by atoms with Crippen molar-refractivity contribution in [2.75, 3.05) is 12.0 Å². The van der Waals surface area contributed by atoms with Gasteiger partial charge in [0.15, 0.2) is 22.9 Å². The lowest BCUT2D eigenvalue weighted by atomic mass is 9.94. The number of carbonyl (C=O) groups excluding carboxylic acids is 2. The Kier molecular flexibility index (Phi) is 5.94. The lowest BCUT2D eigenvalue weighted by molar-refractivity contribution is -0.117. The van der Waals surface area contributed by atoms with Gasteiger partial charge in [-0.1, -0.05) is 48.9 Å². The van der Waals surface area contributed by atoms with Crippen LogP contribution in [0.4, 0.5) is 5.69 Å². The topological polar surface area (TPSA) is 100 Å². The Morgan fingerprint density at radius 2 is 1.83 bits per heavy atom. The molecule has 7 nitrogen and oxygen atoms in total. The number of aliphatic hydroxyl groups excluding tert-OH is 1. The van der Waals surface area contributed by atoms with Crippen molar-refractivity contribution in [3.8, 4) is 11.5 Å². The number of para-hydroxylation sites is 1. The molecule has 0 fully saturated rings. The summed E-state index contributed by atoms with van der Waals surface area (Å²) in [5.74, 6) is -1.81. The Morgan fingerprint density at radius 3 is 2.50 bits per heavy atom. The first kappa shape index (κ1) is 23.5. The number of carbonyl (C=O) groups is 2. The van der Waals surface area contributed by atoms with Gasteiger partial charge in [0.1, 0.15) is 5.75 Å². The van der Waals surface area contributed by atoms with Crippen LogP contribution in [0.2, 0.25) is 5.02 Å². The molecule has 0 spiro atoms. The Morgan fingerprint density at radius 1 is 1.08 bits per heavy atom. The maximum Gasteiger partial charge on any atom is 0.294 e. The molecule has 1 atom stereocenters. The SMILES string of the molecule is CCc1ccc(N2C(=O)C(O)=C(C(=O)c3cc4cccc(OC)c4o3)C2c2ccc(O)c(Cl)c2)cc1. The summed E-state index contributed by atoms with van der Waals surface area (Å²) in [5.41, 5.74) is 2.22. The number of methoxy groups -OCH3 is 1. The number of hydrogen-bond acceptors (Lipinski definition) is 6. The summed E-state index contributed by atoms with van der Waals surface area (Å²) in [6, 6.07) is 17.5. The first-order valence-electron chi connectivity index (χ1n) is 11.3. The van der Waals surface area contributed by atoms with Crippen molar-refractivity contribution < 1.29 is 29.0 Å². The van der Waals surface area contributed by atoms with Gasteiger partial charge in [-0.05, 0) is 53.9 Å². The molecule has 1 aromatic heterocycles. The van der Waals surface area contributed by atoms with E-state index in [1.54, 1.807) is 42.5 Å². The van der Waals surface area contributed by atoms with Gasteiger partial charge in [-0.3, -0.25) is 14.5 Å². The van der Waals surface area contributed by atoms with Gasteiger partial charge < -0.3 is 19.4 Å². The van der Waals surface area contributed by atoms with E-state index in [0.29, 0.717) is 28.0 Å². The van der Waals surface area contributed by atoms with Crippen LogP contribution in [0.15, 0.2) is 82.5 Å². The van der Waals surface area contributed by atoms with Crippen LogP contribution in [-0.4, -0.2) is 29.0 Å². The molecule has 8 heteroatoms. The molecule has 1 aliphatic rings. The monoisotopic (exact) mass is 503 g/mol. The fraction of sp³-hybridized carbons (Fsp3) is 0.143. The lowest BCUT2D eigenvalue weighted by Gasteiger charge is -2.27. The fourth-order valence-electron chi connectivity index (χ4n) is 4.45. The van der Waals surface area contributed by atoms with Crippen molar-refractivity contribution in [3.63, 3.8) is 0 Å². The molecule has 0 bridgehead atoms. The molecule has 0 radical (unpaired) electrons. The van der Waals surface area contributed by atoms with Crippen LogP contribution in [0, 0.1) is 0 Å². The van der Waals surface area contributed by atoms with Crippen molar-refractivity contribution in [3.05, 3.63) is 100.0 Å². The molecule has 1 aliphatic heterocycles. The highest BCUT2D eigenvalue weighted by molar-refractivity contribution is 6.32. The van der Waals surface area contributed by atoms with Gasteiger partial charge in [-0.15, -0.1) is 0 Å². The van der Waals surface area contributed by atoms with E-state index in [2.05, 4.69) is 0 Å². The number of furan rings is 1. The standard InChI is InChI=1S/C28H22ClNO6/c1-3-15-7-10-18(11-8-15)30-24(16-9-12-20(31)19(29)13-16)23(26(33)28(30)34)25(32)22-14-17-5-4-6-21(35-2)27(17)36-22/h4-14,24,31,33H,3H2,1-2H3. The number of fused-ring (bicyclic) bond motifs is 1. The van der Waals surface area contributed by atoms with Gasteiger partial charge in [-0.25, -0.2) is 0 Å². The van der Waals surface area contributed by atoms with Gasteiger partial charge >= 0.3 is 0 Å². The van der Waals surface area contributed by atoms with Crippen molar-refractivity contribution in [2.45, 2.75) is 19.4 Å². The number of halogens is 1. The van der Waals surface area contributed by atoms with Gasteiger partial charge in [-0.2, -0.15) is 0 Å². The second kappa shape index (κ2) is 9.09. The number of aryl methyl sites for hydroxylation is 1. The third-order valence-electron chi connectivity index (χ3n) is 6.31. The third kappa shape index (κ3) is 3.78. The maximum absolute atomic E-state index is 13.8. The predicted molar refractivity (Wildman–Crippen MR) is 136 cm³/mol. The number of anilines is 1. The summed E-state index contributed by atoms with van der Waals surface area (Å²) in [5, 5.41) is 21.6. The lowest BCUT2D eigenvalue weighted by Crippen LogP contribution is -2.31. The number of phenolic OH excluding ortho intramolecular Hbond substituents is 1. The quantitative estimate of drug-likeness (QED) is 0.306. The number of nitrogens with zero attached hydrogens (tertiary/aromatic N) is 1. The van der Waals surface area contributed by atoms with Gasteiger partial charge in [0.2, 0.25) is 5.78 Å². The number of ketones is 1. The number of aliphatic hydroxyl groups is 1. The summed E-state index contributed by atoms with van der Waals surface area (Å²) in [6.07, 6.45) is 0.813. The Balaban J connectivity index is 1.66. The van der Waals surface area contributed by atoms with E-state index >= 15 is 0 Å². The molecule has 0 aliphatic carbocycles. The van der Waals surface area contributed by atoms with Crippen LogP contribution in [0.25, 0.3) is 11.0 Å². The van der Waals surface area contributed by atoms with E-state index in [-0.39, 0.29) is 22.1 Å². The van der Waals surface area contributed by atoms with Crippen LogP contribution in [-0.2, 0) is 11.2 Å². The molecule has 2 N–H and O–H groups in total. The van der Waals surface area contributed by atoms with Crippen LogP contribution in [0.1, 0.15) is 34.6 Å². The van der Waals surface area contributed by atoms with Gasteiger partial charge in [0.05, 0.1) is 23.7 Å². The van der Waals surface area contributed by atoms with E-state index in [9.17, 15) is 19.8 Å². The number of ether oxygens (including phenoxy) is 1. The summed E-state index contributed by atoms with van der Waals surface area (Å²) < 4.78 is 11.2. The molecule has 0 saturated carbocycles. The van der Waals surface area contributed by atoms with Crippen molar-refractivity contribution in [1.29, 1.82) is 0 Å². The van der Waals surface area contributed by atoms with Crippen LogP contribution >= 0.6 is 11.6 Å². The Hall–Kier alpha value is -4.23. The molecular formula is C28H22ClNO6. The number of Topliss-reactive ketones (excluding diaryl/α,β-unsaturated/α-hetero) is 1. The normalized spacial score (nSPS) is 15.7. The minimum absolute atomic E-state index is 0.0490. The molecule has 182 valence electrons. The number of hydrogen-bond donors (Lipinski definition) is 2. The largest absolute Gasteiger partial charge is 0.506 e. The molecule has 0 saturated heterocycles. The van der Waals surface area contributed by atoms with Crippen LogP contribution in [0.3, 0.4) is 0 Å². The van der Waals surface area contributed by atoms with E-state index < -0.39 is 23.5 Å². The second-order valence-electron chi connectivity index (χ2n) is 8.39. The number of aromatic hydroxyl groups is 1. The molecule has 3 aromatic carbocycles. The van der Waals surface area contributed by atoms with Gasteiger partial charge in [0.25, 0.3) is 5.91 Å². The summed E-state index contributed by atoms with van der Waals surface area (Å²) in [7, 11) is 1.50. The van der Waals surface area contributed by atoms with E-state index in [4.69, 9.17) is 20.8 Å². The van der Waals surface area contributed by atoms with E-state index in [0.717, 1.165) is 12.0 Å². The minimum Gasteiger partial charge on any atom is -0.506 e. The summed E-state index contributed by atoms with van der Waals surface area (Å²) >= 11 is 6.18. The zero-order valence-corrected chi connectivity index (χ0v) is 20.2. The summed E-state index contributed by atoms with van der Waals surface area (Å²) in [4.78, 5) is 28.5. The highest BCUT2D eigenvalue weighted by Crippen LogP contribution is 2.44. The first-order valence-corrected chi connectivity index (χ1v) is 11.7. The number of phenols is 1. The molecule has 36 heavy (non-hydrogen) atoms. The van der Waals surface area contributed by atoms with E-state index in [1.807, 2.05) is 19.1 Å². The second-order valence-corrected chi connectivity index (χ2v) is 8.80. The first-order chi connectivity index (χ1) is 17.3. The van der Waals surface area contributed by atoms with Gasteiger partial charge in [0, 0.05) is 11.1 Å². The molecule has 2 heterocycles. The zero-order valence-electron chi connectivity index (χ0n) is 19.5. The van der Waals surface area contributed by atoms with Crippen molar-refractivity contribution in [1.82, 2.24) is 0 Å². The molecule has 5 rings (SSSR count). The highest BCUT2D eigenvalue weighted by atomic mass is 35.5. The summed E-state index contributed by atoms with van der Waals surface area (Å²) in [6.45, 7) is 2.02. The molecule has 1 amide bonds. The molecule has 4 aromatic rings. The van der Waals surface area contributed by atoms with Crippen molar-refractivity contribution >= 4 is 39.9 Å². The zero-order chi connectivity index (χ0) is 25.6. The van der Waals surface area contributed by atoms with Crippen LogP contribution in [0.5, 0.6) is 11.5 Å². The Bertz CT molecular complexity index is 1540. The van der Waals surface area contributed by atoms with Crippen LogP contribution < -0.4 is 9.64 Å². The minimum atomic E-state index is -1.01. The maximum atomic E-state index is 13.8. The van der Waals surface area contributed by atoms with Crippen molar-refractivity contribution in [2.24, 2.45) is 0 Å². The fourth-order valence-corrected chi connectivity index (χ4v) is 4.64. The Labute approximate surface area is 211 Å². The van der Waals surface area contributed by atoms with E-state index in [1.165, 1.54) is 24.1 Å². The number of benzene rings is 3.